The maximum Gasteiger partial charge on any atom is 0.127 e. The Balaban J connectivity index is 2.14. The zero-order valence-corrected chi connectivity index (χ0v) is 10.5. The fraction of sp³-hybridized carbons (Fsp3) is 0.727. The molecule has 1 saturated carbocycles. The molecule has 0 amide bonds. The molecule has 14 heavy (non-hydrogen) atoms. The summed E-state index contributed by atoms with van der Waals surface area (Å²) in [6.07, 6.45) is 6.82. The average molecular weight is 257 g/mol. The molecule has 3 heteroatoms. The molecular formula is C11H17BrN2. The van der Waals surface area contributed by atoms with E-state index in [4.69, 9.17) is 0 Å². The van der Waals surface area contributed by atoms with Crippen LogP contribution < -0.4 is 0 Å². The molecule has 1 fully saturated rings. The van der Waals surface area contributed by atoms with E-state index in [1.165, 1.54) is 37.8 Å². The van der Waals surface area contributed by atoms with Gasteiger partial charge in [-0.3, -0.25) is 0 Å². The summed E-state index contributed by atoms with van der Waals surface area (Å²) in [4.78, 5) is 4.43. The Labute approximate surface area is 93.9 Å². The van der Waals surface area contributed by atoms with Gasteiger partial charge in [0.05, 0.1) is 5.69 Å². The smallest absolute Gasteiger partial charge is 0.127 e. The van der Waals surface area contributed by atoms with Crippen LogP contribution in [0.4, 0.5) is 0 Å². The van der Waals surface area contributed by atoms with Crippen molar-refractivity contribution in [2.45, 2.75) is 39.0 Å². The number of aryl methyl sites for hydroxylation is 1. The van der Waals surface area contributed by atoms with Crippen LogP contribution in [-0.4, -0.2) is 9.55 Å². The van der Waals surface area contributed by atoms with E-state index in [2.05, 4.69) is 39.5 Å². The van der Waals surface area contributed by atoms with Gasteiger partial charge >= 0.3 is 0 Å². The number of nitrogens with zero attached hydrogens (tertiary/aromatic N) is 2. The molecule has 0 saturated heterocycles. The highest BCUT2D eigenvalue weighted by Gasteiger charge is 2.19. The Hall–Kier alpha value is -0.310. The van der Waals surface area contributed by atoms with Gasteiger partial charge in [0, 0.05) is 7.05 Å². The molecule has 0 atom stereocenters. The van der Waals surface area contributed by atoms with Gasteiger partial charge in [0.15, 0.2) is 0 Å². The lowest BCUT2D eigenvalue weighted by atomic mass is 10.0. The van der Waals surface area contributed by atoms with E-state index < -0.39 is 0 Å². The fourth-order valence-corrected chi connectivity index (χ4v) is 3.01. The Bertz CT molecular complexity index is 324. The number of rotatable bonds is 2. The normalized spacial score (nSPS) is 17.9. The molecule has 0 spiro atoms. The molecular weight excluding hydrogens is 240 g/mol. The maximum atomic E-state index is 4.43. The van der Waals surface area contributed by atoms with Crippen LogP contribution in [0, 0.1) is 12.8 Å². The molecule has 2 nitrogen and oxygen atoms in total. The fourth-order valence-electron chi connectivity index (χ4n) is 2.32. The average Bonchev–Trinajstić information content (AvgIpc) is 2.71. The quantitative estimate of drug-likeness (QED) is 0.795. The highest BCUT2D eigenvalue weighted by molar-refractivity contribution is 9.10. The molecule has 1 heterocycles. The second-order valence-corrected chi connectivity index (χ2v) is 5.06. The predicted molar refractivity (Wildman–Crippen MR) is 61.3 cm³/mol. The summed E-state index contributed by atoms with van der Waals surface area (Å²) in [7, 11) is 2.11. The first-order chi connectivity index (χ1) is 6.68. The van der Waals surface area contributed by atoms with Crippen LogP contribution in [0.15, 0.2) is 4.60 Å². The minimum Gasteiger partial charge on any atom is -0.334 e. The van der Waals surface area contributed by atoms with E-state index in [0.29, 0.717) is 0 Å². The van der Waals surface area contributed by atoms with Crippen molar-refractivity contribution in [1.29, 1.82) is 0 Å². The Morgan fingerprint density at radius 1 is 1.43 bits per heavy atom. The number of hydrogen-bond donors (Lipinski definition) is 0. The summed E-state index contributed by atoms with van der Waals surface area (Å²) in [6.45, 7) is 2.06. The van der Waals surface area contributed by atoms with Crippen LogP contribution in [0.1, 0.15) is 37.2 Å². The SMILES string of the molecule is Cc1nc(Br)c(CC2CCCC2)n1C. The Morgan fingerprint density at radius 3 is 2.57 bits per heavy atom. The van der Waals surface area contributed by atoms with Crippen molar-refractivity contribution in [1.82, 2.24) is 9.55 Å². The summed E-state index contributed by atoms with van der Waals surface area (Å²) >= 11 is 3.54. The van der Waals surface area contributed by atoms with Crippen molar-refractivity contribution >= 4 is 15.9 Å². The molecule has 0 bridgehead atoms. The molecule has 1 aromatic heterocycles. The van der Waals surface area contributed by atoms with Gasteiger partial charge in [-0.05, 0) is 35.2 Å². The molecule has 0 unspecified atom stereocenters. The van der Waals surface area contributed by atoms with Crippen molar-refractivity contribution in [3.8, 4) is 0 Å². The standard InChI is InChI=1S/C11H17BrN2/c1-8-13-11(12)10(14(8)2)7-9-5-3-4-6-9/h9H,3-7H2,1-2H3. The third kappa shape index (κ3) is 1.88. The van der Waals surface area contributed by atoms with Crippen molar-refractivity contribution < 1.29 is 0 Å². The molecule has 1 aromatic rings. The van der Waals surface area contributed by atoms with E-state index in [-0.39, 0.29) is 0 Å². The van der Waals surface area contributed by atoms with Crippen molar-refractivity contribution in [2.75, 3.05) is 0 Å². The highest BCUT2D eigenvalue weighted by atomic mass is 79.9. The highest BCUT2D eigenvalue weighted by Crippen LogP contribution is 2.30. The maximum absolute atomic E-state index is 4.43. The van der Waals surface area contributed by atoms with Gasteiger partial charge < -0.3 is 4.57 Å². The molecule has 0 aliphatic heterocycles. The first-order valence-corrected chi connectivity index (χ1v) is 6.15. The second-order valence-electron chi connectivity index (χ2n) is 4.31. The number of halogens is 1. The van der Waals surface area contributed by atoms with Gasteiger partial charge in [-0.15, -0.1) is 0 Å². The van der Waals surface area contributed by atoms with Gasteiger partial charge in [0.25, 0.3) is 0 Å². The molecule has 1 aliphatic rings. The first kappa shape index (κ1) is 10.2. The van der Waals surface area contributed by atoms with Crippen LogP contribution >= 0.6 is 15.9 Å². The Morgan fingerprint density at radius 2 is 2.07 bits per heavy atom. The largest absolute Gasteiger partial charge is 0.334 e. The Kier molecular flexibility index (Phi) is 2.96. The first-order valence-electron chi connectivity index (χ1n) is 5.36. The molecule has 0 N–H and O–H groups in total. The van der Waals surface area contributed by atoms with Crippen molar-refractivity contribution in [2.24, 2.45) is 13.0 Å². The monoisotopic (exact) mass is 256 g/mol. The topological polar surface area (TPSA) is 17.8 Å². The summed E-state index contributed by atoms with van der Waals surface area (Å²) in [5.41, 5.74) is 1.37. The van der Waals surface area contributed by atoms with Crippen LogP contribution in [0.5, 0.6) is 0 Å². The van der Waals surface area contributed by atoms with Crippen LogP contribution in [0.25, 0.3) is 0 Å². The minimum absolute atomic E-state index is 0.890. The second kappa shape index (κ2) is 4.05. The third-order valence-electron chi connectivity index (χ3n) is 3.35. The molecule has 78 valence electrons. The predicted octanol–water partition coefficient (Wildman–Crippen LogP) is 3.22. The molecule has 1 aliphatic carbocycles. The number of imidazole rings is 1. The van der Waals surface area contributed by atoms with E-state index >= 15 is 0 Å². The summed E-state index contributed by atoms with van der Waals surface area (Å²) in [5, 5.41) is 0. The summed E-state index contributed by atoms with van der Waals surface area (Å²) < 4.78 is 3.26. The van der Waals surface area contributed by atoms with Crippen LogP contribution in [0.3, 0.4) is 0 Å². The van der Waals surface area contributed by atoms with Gasteiger partial charge in [-0.2, -0.15) is 0 Å². The lowest BCUT2D eigenvalue weighted by Gasteiger charge is -2.10. The van der Waals surface area contributed by atoms with Crippen molar-refractivity contribution in [3.63, 3.8) is 0 Å². The number of hydrogen-bond acceptors (Lipinski definition) is 1. The van der Waals surface area contributed by atoms with Crippen molar-refractivity contribution in [3.05, 3.63) is 16.1 Å². The molecule has 2 rings (SSSR count). The lowest BCUT2D eigenvalue weighted by molar-refractivity contribution is 0.527. The van der Waals surface area contributed by atoms with E-state index in [1.54, 1.807) is 0 Å². The van der Waals surface area contributed by atoms with Gasteiger partial charge in [0.2, 0.25) is 0 Å². The van der Waals surface area contributed by atoms with E-state index in [9.17, 15) is 0 Å². The van der Waals surface area contributed by atoms with Crippen LogP contribution in [0.2, 0.25) is 0 Å². The van der Waals surface area contributed by atoms with Gasteiger partial charge in [0.1, 0.15) is 10.4 Å². The van der Waals surface area contributed by atoms with E-state index in [1.807, 2.05) is 0 Å². The minimum atomic E-state index is 0.890. The van der Waals surface area contributed by atoms with Gasteiger partial charge in [-0.25, -0.2) is 4.98 Å². The van der Waals surface area contributed by atoms with Gasteiger partial charge in [-0.1, -0.05) is 25.7 Å². The number of aromatic nitrogens is 2. The zero-order valence-electron chi connectivity index (χ0n) is 8.89. The zero-order chi connectivity index (χ0) is 10.1. The molecule has 0 aromatic carbocycles. The summed E-state index contributed by atoms with van der Waals surface area (Å²) in [5.74, 6) is 1.99. The molecule has 0 radical (unpaired) electrons. The van der Waals surface area contributed by atoms with E-state index in [0.717, 1.165) is 16.3 Å². The third-order valence-corrected chi connectivity index (χ3v) is 3.98. The summed E-state index contributed by atoms with van der Waals surface area (Å²) in [6, 6.07) is 0. The lowest BCUT2D eigenvalue weighted by Crippen LogP contribution is -2.05. The van der Waals surface area contributed by atoms with Crippen LogP contribution in [-0.2, 0) is 13.5 Å².